The molecule has 0 aliphatic carbocycles. The number of piperidine rings is 1. The SMILES string of the molecule is COc1cc(CN2CCCCC2)cc(OC)c1.Cl. The van der Waals surface area contributed by atoms with Gasteiger partial charge in [0.2, 0.25) is 0 Å². The van der Waals surface area contributed by atoms with Crippen LogP contribution in [0, 0.1) is 0 Å². The van der Waals surface area contributed by atoms with Crippen LogP contribution < -0.4 is 9.47 Å². The average molecular weight is 272 g/mol. The van der Waals surface area contributed by atoms with E-state index in [9.17, 15) is 0 Å². The van der Waals surface area contributed by atoms with Gasteiger partial charge in [0, 0.05) is 12.6 Å². The lowest BCUT2D eigenvalue weighted by atomic mass is 10.1. The summed E-state index contributed by atoms with van der Waals surface area (Å²) in [5.74, 6) is 1.74. The molecule has 1 aliphatic heterocycles. The molecule has 18 heavy (non-hydrogen) atoms. The van der Waals surface area contributed by atoms with E-state index < -0.39 is 0 Å². The summed E-state index contributed by atoms with van der Waals surface area (Å²) in [5, 5.41) is 0. The summed E-state index contributed by atoms with van der Waals surface area (Å²) in [6.07, 6.45) is 4.01. The minimum Gasteiger partial charge on any atom is -0.497 e. The molecule has 0 radical (unpaired) electrons. The maximum atomic E-state index is 5.29. The van der Waals surface area contributed by atoms with Crippen LogP contribution in [0.2, 0.25) is 0 Å². The van der Waals surface area contributed by atoms with Crippen molar-refractivity contribution in [2.75, 3.05) is 27.3 Å². The Morgan fingerprint density at radius 3 is 2.00 bits per heavy atom. The molecule has 1 aromatic rings. The van der Waals surface area contributed by atoms with E-state index in [1.54, 1.807) is 14.2 Å². The number of benzene rings is 1. The molecular weight excluding hydrogens is 250 g/mol. The molecule has 0 amide bonds. The van der Waals surface area contributed by atoms with Gasteiger partial charge in [0.15, 0.2) is 0 Å². The van der Waals surface area contributed by atoms with Gasteiger partial charge in [-0.1, -0.05) is 6.42 Å². The van der Waals surface area contributed by atoms with Crippen LogP contribution in [-0.4, -0.2) is 32.2 Å². The Bertz CT molecular complexity index is 343. The maximum Gasteiger partial charge on any atom is 0.122 e. The van der Waals surface area contributed by atoms with Crippen LogP contribution in [0.5, 0.6) is 11.5 Å². The van der Waals surface area contributed by atoms with Crippen LogP contribution in [0.1, 0.15) is 24.8 Å². The lowest BCUT2D eigenvalue weighted by Crippen LogP contribution is -2.29. The van der Waals surface area contributed by atoms with E-state index in [1.165, 1.54) is 37.9 Å². The lowest BCUT2D eigenvalue weighted by molar-refractivity contribution is 0.220. The third-order valence-corrected chi connectivity index (χ3v) is 3.27. The monoisotopic (exact) mass is 271 g/mol. The number of likely N-dealkylation sites (tertiary alicyclic amines) is 1. The third kappa shape index (κ3) is 4.07. The second kappa shape index (κ2) is 7.49. The summed E-state index contributed by atoms with van der Waals surface area (Å²) in [7, 11) is 3.39. The van der Waals surface area contributed by atoms with Gasteiger partial charge in [0.05, 0.1) is 14.2 Å². The molecule has 0 aromatic heterocycles. The first-order valence-electron chi connectivity index (χ1n) is 6.26. The van der Waals surface area contributed by atoms with E-state index in [-0.39, 0.29) is 12.4 Å². The van der Waals surface area contributed by atoms with Gasteiger partial charge >= 0.3 is 0 Å². The van der Waals surface area contributed by atoms with Gasteiger partial charge in [-0.25, -0.2) is 0 Å². The van der Waals surface area contributed by atoms with E-state index >= 15 is 0 Å². The van der Waals surface area contributed by atoms with Crippen molar-refractivity contribution in [2.45, 2.75) is 25.8 Å². The van der Waals surface area contributed by atoms with Crippen LogP contribution in [0.15, 0.2) is 18.2 Å². The molecule has 0 atom stereocenters. The predicted molar refractivity (Wildman–Crippen MR) is 75.9 cm³/mol. The number of hydrogen-bond donors (Lipinski definition) is 0. The highest BCUT2D eigenvalue weighted by Gasteiger charge is 2.11. The van der Waals surface area contributed by atoms with Gasteiger partial charge in [0.1, 0.15) is 11.5 Å². The van der Waals surface area contributed by atoms with Crippen molar-refractivity contribution in [1.29, 1.82) is 0 Å². The van der Waals surface area contributed by atoms with Crippen molar-refractivity contribution in [2.24, 2.45) is 0 Å². The fourth-order valence-electron chi connectivity index (χ4n) is 2.33. The molecule has 4 heteroatoms. The molecule has 0 spiro atoms. The Labute approximate surface area is 115 Å². The zero-order valence-corrected chi connectivity index (χ0v) is 12.0. The van der Waals surface area contributed by atoms with E-state index in [4.69, 9.17) is 9.47 Å². The molecule has 0 unspecified atom stereocenters. The van der Waals surface area contributed by atoms with E-state index in [2.05, 4.69) is 17.0 Å². The van der Waals surface area contributed by atoms with Crippen LogP contribution in [0.4, 0.5) is 0 Å². The van der Waals surface area contributed by atoms with E-state index in [0.717, 1.165) is 18.0 Å². The quantitative estimate of drug-likeness (QED) is 0.840. The summed E-state index contributed by atoms with van der Waals surface area (Å²) in [5.41, 5.74) is 1.27. The van der Waals surface area contributed by atoms with Gasteiger partial charge in [-0.15, -0.1) is 12.4 Å². The van der Waals surface area contributed by atoms with Crippen molar-refractivity contribution in [3.63, 3.8) is 0 Å². The highest BCUT2D eigenvalue weighted by atomic mass is 35.5. The van der Waals surface area contributed by atoms with Gasteiger partial charge in [-0.05, 0) is 43.6 Å². The maximum absolute atomic E-state index is 5.29. The number of methoxy groups -OCH3 is 2. The van der Waals surface area contributed by atoms with Crippen molar-refractivity contribution >= 4 is 12.4 Å². The van der Waals surface area contributed by atoms with Crippen molar-refractivity contribution in [3.8, 4) is 11.5 Å². The summed E-state index contributed by atoms with van der Waals surface area (Å²) < 4.78 is 10.6. The number of halogens is 1. The number of rotatable bonds is 4. The third-order valence-electron chi connectivity index (χ3n) is 3.27. The Morgan fingerprint density at radius 2 is 1.50 bits per heavy atom. The van der Waals surface area contributed by atoms with Crippen molar-refractivity contribution in [1.82, 2.24) is 4.90 Å². The van der Waals surface area contributed by atoms with E-state index in [1.807, 2.05) is 6.07 Å². The molecule has 3 nitrogen and oxygen atoms in total. The number of hydrogen-bond acceptors (Lipinski definition) is 3. The first-order valence-corrected chi connectivity index (χ1v) is 6.26. The molecular formula is C14H22ClNO2. The van der Waals surface area contributed by atoms with Gasteiger partial charge in [0.25, 0.3) is 0 Å². The molecule has 0 N–H and O–H groups in total. The molecule has 0 bridgehead atoms. The topological polar surface area (TPSA) is 21.7 Å². The smallest absolute Gasteiger partial charge is 0.122 e. The van der Waals surface area contributed by atoms with Crippen LogP contribution in [0.25, 0.3) is 0 Å². The fourth-order valence-corrected chi connectivity index (χ4v) is 2.33. The molecule has 1 aromatic carbocycles. The first kappa shape index (κ1) is 15.1. The Kier molecular flexibility index (Phi) is 6.30. The van der Waals surface area contributed by atoms with Crippen LogP contribution in [-0.2, 0) is 6.54 Å². The molecule has 2 rings (SSSR count). The van der Waals surface area contributed by atoms with Crippen LogP contribution in [0.3, 0.4) is 0 Å². The average Bonchev–Trinajstić information content (AvgIpc) is 2.39. The molecule has 1 aliphatic rings. The van der Waals surface area contributed by atoms with Crippen molar-refractivity contribution < 1.29 is 9.47 Å². The lowest BCUT2D eigenvalue weighted by Gasteiger charge is -2.26. The molecule has 1 fully saturated rings. The molecule has 1 saturated heterocycles. The first-order chi connectivity index (χ1) is 8.31. The second-order valence-corrected chi connectivity index (χ2v) is 4.56. The standard InChI is InChI=1S/C14H21NO2.ClH/c1-16-13-8-12(9-14(10-13)17-2)11-15-6-4-3-5-7-15;/h8-10H,3-7,11H2,1-2H3;1H. The molecule has 1 heterocycles. The zero-order chi connectivity index (χ0) is 12.1. The highest BCUT2D eigenvalue weighted by Crippen LogP contribution is 2.24. The fraction of sp³-hybridized carbons (Fsp3) is 0.571. The highest BCUT2D eigenvalue weighted by molar-refractivity contribution is 5.85. The Balaban J connectivity index is 0.00000162. The summed E-state index contributed by atoms with van der Waals surface area (Å²) >= 11 is 0. The molecule has 102 valence electrons. The normalized spacial score (nSPS) is 15.9. The largest absolute Gasteiger partial charge is 0.497 e. The summed E-state index contributed by atoms with van der Waals surface area (Å²) in [6.45, 7) is 3.41. The Morgan fingerprint density at radius 1 is 0.944 bits per heavy atom. The second-order valence-electron chi connectivity index (χ2n) is 4.56. The minimum atomic E-state index is 0. The predicted octanol–water partition coefficient (Wildman–Crippen LogP) is 3.11. The Hall–Kier alpha value is -0.930. The van der Waals surface area contributed by atoms with Crippen molar-refractivity contribution in [3.05, 3.63) is 23.8 Å². The number of nitrogens with zero attached hydrogens (tertiary/aromatic N) is 1. The van der Waals surface area contributed by atoms with Crippen LogP contribution >= 0.6 is 12.4 Å². The zero-order valence-electron chi connectivity index (χ0n) is 11.1. The van der Waals surface area contributed by atoms with E-state index in [0.29, 0.717) is 0 Å². The number of ether oxygens (including phenoxy) is 2. The van der Waals surface area contributed by atoms with Gasteiger partial charge in [-0.3, -0.25) is 4.90 Å². The van der Waals surface area contributed by atoms with Gasteiger partial charge < -0.3 is 9.47 Å². The van der Waals surface area contributed by atoms with Gasteiger partial charge in [-0.2, -0.15) is 0 Å². The minimum absolute atomic E-state index is 0. The molecule has 0 saturated carbocycles. The summed E-state index contributed by atoms with van der Waals surface area (Å²) in [6, 6.07) is 6.11. The summed E-state index contributed by atoms with van der Waals surface area (Å²) in [4.78, 5) is 2.50.